The molecule has 214 valence electrons. The summed E-state index contributed by atoms with van der Waals surface area (Å²) < 4.78 is 22.6. The van der Waals surface area contributed by atoms with E-state index in [0.717, 1.165) is 11.1 Å². The second-order valence-electron chi connectivity index (χ2n) is 10.7. The zero-order chi connectivity index (χ0) is 30.0. The number of carbonyl (C=O) groups is 2. The van der Waals surface area contributed by atoms with Gasteiger partial charge >= 0.3 is 0 Å². The maximum Gasteiger partial charge on any atom is 0.201 e. The highest BCUT2D eigenvalue weighted by atomic mass is 16.5. The molecule has 42 heavy (non-hydrogen) atoms. The first-order valence-corrected chi connectivity index (χ1v) is 13.4. The molecule has 2 atom stereocenters. The highest BCUT2D eigenvalue weighted by Crippen LogP contribution is 2.57. The lowest BCUT2D eigenvalue weighted by atomic mass is 9.63. The van der Waals surface area contributed by atoms with Gasteiger partial charge in [-0.25, -0.2) is 0 Å². The van der Waals surface area contributed by atoms with Crippen molar-refractivity contribution in [3.8, 4) is 34.5 Å². The Labute approximate surface area is 243 Å². The van der Waals surface area contributed by atoms with Gasteiger partial charge in [0.25, 0.3) is 0 Å². The predicted molar refractivity (Wildman–Crippen MR) is 155 cm³/mol. The van der Waals surface area contributed by atoms with Crippen molar-refractivity contribution in [3.63, 3.8) is 0 Å². The van der Waals surface area contributed by atoms with E-state index in [1.807, 2.05) is 26.0 Å². The number of ketones is 2. The Hall–Kier alpha value is -4.98. The smallest absolute Gasteiger partial charge is 0.201 e. The molecule has 0 amide bonds. The molecule has 0 saturated heterocycles. The molecule has 0 fully saturated rings. The van der Waals surface area contributed by atoms with E-state index in [2.05, 4.69) is 0 Å². The highest BCUT2D eigenvalue weighted by Gasteiger charge is 2.46. The van der Waals surface area contributed by atoms with Crippen LogP contribution in [0.5, 0.6) is 34.5 Å². The van der Waals surface area contributed by atoms with Crippen LogP contribution in [0, 0.1) is 13.8 Å². The number of aromatic hydroxyl groups is 2. The second kappa shape index (κ2) is 9.83. The van der Waals surface area contributed by atoms with Gasteiger partial charge in [0.2, 0.25) is 11.6 Å². The normalized spacial score (nSPS) is 16.6. The molecule has 4 aromatic carbocycles. The molecule has 6 rings (SSSR count). The lowest BCUT2D eigenvalue weighted by molar-refractivity contribution is 0.101. The van der Waals surface area contributed by atoms with E-state index < -0.39 is 11.8 Å². The number of benzene rings is 4. The second-order valence-corrected chi connectivity index (χ2v) is 10.7. The molecule has 4 aromatic rings. The average molecular weight is 567 g/mol. The molecule has 0 saturated carbocycles. The molecule has 0 unspecified atom stereocenters. The van der Waals surface area contributed by atoms with Crippen molar-refractivity contribution in [2.24, 2.45) is 0 Å². The summed E-state index contributed by atoms with van der Waals surface area (Å²) in [5.41, 5.74) is 4.79. The maximum absolute atomic E-state index is 14.1. The molecular weight excluding hydrogens is 536 g/mol. The number of methoxy groups -OCH3 is 4. The van der Waals surface area contributed by atoms with Gasteiger partial charge < -0.3 is 29.2 Å². The minimum atomic E-state index is -0.619. The Kier molecular flexibility index (Phi) is 6.37. The van der Waals surface area contributed by atoms with Crippen LogP contribution in [-0.4, -0.2) is 50.2 Å². The van der Waals surface area contributed by atoms with Crippen LogP contribution in [0.4, 0.5) is 0 Å². The molecular formula is C34H30O8. The number of hydrogen-bond donors (Lipinski definition) is 2. The van der Waals surface area contributed by atoms with Gasteiger partial charge in [-0.05, 0) is 71.5 Å². The van der Waals surface area contributed by atoms with Crippen LogP contribution in [0.25, 0.3) is 0 Å². The molecule has 8 heteroatoms. The standard InChI is InChI=1S/C34H30O8/c1-15-7-19-27(21-11-17(39-3)13-25(41-5)31(21)33(37)29(19)23(35)9-15)28-20-8-16(2)10-24(36)30(20)34(38)32-22(28)12-18(40-4)14-26(32)42-6/h7-14,27-28,35-36H,1-6H3/t27-,28+. The van der Waals surface area contributed by atoms with Crippen LogP contribution < -0.4 is 18.9 Å². The molecule has 2 aliphatic rings. The molecule has 2 aliphatic carbocycles. The fraction of sp³-hybridized carbons (Fsp3) is 0.235. The van der Waals surface area contributed by atoms with Crippen molar-refractivity contribution >= 4 is 11.6 Å². The quantitative estimate of drug-likeness (QED) is 0.312. The Morgan fingerprint density at radius 2 is 0.857 bits per heavy atom. The van der Waals surface area contributed by atoms with Crippen LogP contribution in [0.2, 0.25) is 0 Å². The van der Waals surface area contributed by atoms with Crippen LogP contribution in [-0.2, 0) is 0 Å². The van der Waals surface area contributed by atoms with Crippen molar-refractivity contribution in [1.29, 1.82) is 0 Å². The minimum Gasteiger partial charge on any atom is -0.507 e. The summed E-state index contributed by atoms with van der Waals surface area (Å²) in [7, 11) is 6.02. The molecule has 0 bridgehead atoms. The molecule has 0 aromatic heterocycles. The number of ether oxygens (including phenoxy) is 4. The fourth-order valence-electron chi connectivity index (χ4n) is 6.63. The lowest BCUT2D eigenvalue weighted by Gasteiger charge is -2.39. The monoisotopic (exact) mass is 566 g/mol. The number of phenols is 2. The van der Waals surface area contributed by atoms with E-state index in [4.69, 9.17) is 18.9 Å². The van der Waals surface area contributed by atoms with Crippen molar-refractivity contribution in [3.05, 3.63) is 104 Å². The first-order valence-electron chi connectivity index (χ1n) is 13.4. The third-order valence-electron chi connectivity index (χ3n) is 8.29. The third-order valence-corrected chi connectivity index (χ3v) is 8.29. The van der Waals surface area contributed by atoms with E-state index in [-0.39, 0.29) is 34.2 Å². The topological polar surface area (TPSA) is 112 Å². The summed E-state index contributed by atoms with van der Waals surface area (Å²) in [5.74, 6) is -0.737. The number of rotatable bonds is 5. The summed E-state index contributed by atoms with van der Waals surface area (Å²) in [6.45, 7) is 3.69. The van der Waals surface area contributed by atoms with Gasteiger partial charge in [-0.1, -0.05) is 12.1 Å². The highest BCUT2D eigenvalue weighted by molar-refractivity contribution is 6.18. The summed E-state index contributed by atoms with van der Waals surface area (Å²) in [4.78, 5) is 28.2. The van der Waals surface area contributed by atoms with Gasteiger partial charge in [-0.15, -0.1) is 0 Å². The maximum atomic E-state index is 14.1. The molecule has 0 spiro atoms. The van der Waals surface area contributed by atoms with E-state index in [1.165, 1.54) is 28.4 Å². The SMILES string of the molecule is COc1cc(OC)c2c(c1)[C@H]([C@H]1c3cc(C)cc(O)c3C(=O)c3c(OC)cc(OC)cc31)c1cc(C)cc(O)c1C2=O. The largest absolute Gasteiger partial charge is 0.507 e. The molecule has 8 nitrogen and oxygen atoms in total. The van der Waals surface area contributed by atoms with Gasteiger partial charge in [0.1, 0.15) is 34.5 Å². The average Bonchev–Trinajstić information content (AvgIpc) is 2.96. The Morgan fingerprint density at radius 1 is 0.500 bits per heavy atom. The number of aryl methyl sites for hydroxylation is 2. The van der Waals surface area contributed by atoms with Crippen molar-refractivity contribution < 1.29 is 38.7 Å². The van der Waals surface area contributed by atoms with Crippen LogP contribution in [0.15, 0.2) is 48.5 Å². The van der Waals surface area contributed by atoms with Gasteiger partial charge in [0, 0.05) is 24.0 Å². The molecule has 2 N–H and O–H groups in total. The van der Waals surface area contributed by atoms with E-state index in [9.17, 15) is 19.8 Å². The van der Waals surface area contributed by atoms with Gasteiger partial charge in [-0.2, -0.15) is 0 Å². The summed E-state index contributed by atoms with van der Waals surface area (Å²) in [5, 5.41) is 22.4. The number of phenolic OH excluding ortho intramolecular Hbond substituents is 2. The first-order chi connectivity index (χ1) is 20.1. The van der Waals surface area contributed by atoms with Gasteiger partial charge in [0.15, 0.2) is 0 Å². The lowest BCUT2D eigenvalue weighted by Crippen LogP contribution is -2.30. The van der Waals surface area contributed by atoms with Crippen LogP contribution in [0.1, 0.15) is 77.1 Å². The summed E-state index contributed by atoms with van der Waals surface area (Å²) in [6.07, 6.45) is 0. The first kappa shape index (κ1) is 27.2. The zero-order valence-electron chi connectivity index (χ0n) is 24.1. The van der Waals surface area contributed by atoms with Crippen molar-refractivity contribution in [1.82, 2.24) is 0 Å². The van der Waals surface area contributed by atoms with Crippen molar-refractivity contribution in [2.45, 2.75) is 25.7 Å². The number of fused-ring (bicyclic) bond motifs is 4. The minimum absolute atomic E-state index is 0.147. The number of carbonyl (C=O) groups excluding carboxylic acids is 2. The predicted octanol–water partition coefficient (Wildman–Crippen LogP) is 5.80. The summed E-state index contributed by atoms with van der Waals surface area (Å²) >= 11 is 0. The summed E-state index contributed by atoms with van der Waals surface area (Å²) in [6, 6.07) is 13.8. The van der Waals surface area contributed by atoms with E-state index in [0.29, 0.717) is 56.4 Å². The Balaban J connectivity index is 1.81. The van der Waals surface area contributed by atoms with Crippen LogP contribution in [0.3, 0.4) is 0 Å². The molecule has 0 radical (unpaired) electrons. The van der Waals surface area contributed by atoms with E-state index in [1.54, 1.807) is 36.4 Å². The molecule has 0 heterocycles. The van der Waals surface area contributed by atoms with Crippen molar-refractivity contribution in [2.75, 3.05) is 28.4 Å². The van der Waals surface area contributed by atoms with Gasteiger partial charge in [-0.3, -0.25) is 9.59 Å². The van der Waals surface area contributed by atoms with E-state index >= 15 is 0 Å². The third kappa shape index (κ3) is 3.82. The Morgan fingerprint density at radius 3 is 1.19 bits per heavy atom. The van der Waals surface area contributed by atoms with Crippen LogP contribution >= 0.6 is 0 Å². The number of hydrogen-bond acceptors (Lipinski definition) is 8. The zero-order valence-corrected chi connectivity index (χ0v) is 24.1. The Bertz CT molecular complexity index is 1690. The fourth-order valence-corrected chi connectivity index (χ4v) is 6.63. The van der Waals surface area contributed by atoms with Gasteiger partial charge in [0.05, 0.1) is 50.7 Å². The molecule has 0 aliphatic heterocycles.